The summed E-state index contributed by atoms with van der Waals surface area (Å²) in [6.07, 6.45) is 3.78. The van der Waals surface area contributed by atoms with E-state index < -0.39 is 0 Å². The van der Waals surface area contributed by atoms with Crippen molar-refractivity contribution >= 4 is 29.1 Å². The topological polar surface area (TPSA) is 41.1 Å². The second-order valence-corrected chi connectivity index (χ2v) is 7.04. The second kappa shape index (κ2) is 8.76. The number of benzene rings is 1. The van der Waals surface area contributed by atoms with Crippen molar-refractivity contribution in [2.45, 2.75) is 32.6 Å². The van der Waals surface area contributed by atoms with E-state index in [1.54, 1.807) is 6.07 Å². The molecule has 1 fully saturated rings. The summed E-state index contributed by atoms with van der Waals surface area (Å²) in [5, 5.41) is 7.67. The zero-order chi connectivity index (χ0) is 15.9. The molecule has 5 heteroatoms. The van der Waals surface area contributed by atoms with E-state index in [4.69, 9.17) is 23.2 Å². The fraction of sp³-hybridized carbons (Fsp3) is 0.588. The largest absolute Gasteiger partial charge is 0.356 e. The van der Waals surface area contributed by atoms with Crippen LogP contribution in [0, 0.1) is 11.8 Å². The first-order chi connectivity index (χ1) is 10.5. The van der Waals surface area contributed by atoms with Gasteiger partial charge >= 0.3 is 0 Å². The van der Waals surface area contributed by atoms with Gasteiger partial charge in [0.15, 0.2) is 0 Å². The summed E-state index contributed by atoms with van der Waals surface area (Å²) < 4.78 is 0. The third kappa shape index (κ3) is 5.79. The Balaban J connectivity index is 1.70. The lowest BCUT2D eigenvalue weighted by Crippen LogP contribution is -2.36. The van der Waals surface area contributed by atoms with E-state index >= 15 is 0 Å². The molecule has 0 aromatic heterocycles. The molecule has 1 aromatic rings. The maximum atomic E-state index is 12.0. The SMILES string of the molecule is CC(CC(=O)NCCc1cc(Cl)cc(Cl)c1)C1CCCNC1. The van der Waals surface area contributed by atoms with Gasteiger partial charge in [0.1, 0.15) is 0 Å². The zero-order valence-electron chi connectivity index (χ0n) is 13.0. The number of hydrogen-bond acceptors (Lipinski definition) is 2. The molecule has 0 saturated carbocycles. The Kier molecular flexibility index (Phi) is 7.00. The highest BCUT2D eigenvalue weighted by molar-refractivity contribution is 6.34. The normalized spacial score (nSPS) is 19.7. The predicted octanol–water partition coefficient (Wildman–Crippen LogP) is 3.68. The third-order valence-corrected chi connectivity index (χ3v) is 4.74. The van der Waals surface area contributed by atoms with Gasteiger partial charge in [-0.2, -0.15) is 0 Å². The third-order valence-electron chi connectivity index (χ3n) is 4.31. The molecule has 2 rings (SSSR count). The summed E-state index contributed by atoms with van der Waals surface area (Å²) in [5.41, 5.74) is 1.04. The van der Waals surface area contributed by atoms with E-state index in [1.807, 2.05) is 12.1 Å². The Morgan fingerprint density at radius 3 is 2.73 bits per heavy atom. The Labute approximate surface area is 142 Å². The van der Waals surface area contributed by atoms with Crippen LogP contribution in [0.15, 0.2) is 18.2 Å². The minimum absolute atomic E-state index is 0.131. The summed E-state index contributed by atoms with van der Waals surface area (Å²) in [5.74, 6) is 1.17. The predicted molar refractivity (Wildman–Crippen MR) is 92.6 cm³/mol. The summed E-state index contributed by atoms with van der Waals surface area (Å²) in [7, 11) is 0. The van der Waals surface area contributed by atoms with Crippen molar-refractivity contribution in [1.82, 2.24) is 10.6 Å². The smallest absolute Gasteiger partial charge is 0.220 e. The number of rotatable bonds is 6. The summed E-state index contributed by atoms with van der Waals surface area (Å²) >= 11 is 11.9. The van der Waals surface area contributed by atoms with Gasteiger partial charge in [-0.25, -0.2) is 0 Å². The first-order valence-corrected chi connectivity index (χ1v) is 8.72. The highest BCUT2D eigenvalue weighted by atomic mass is 35.5. The van der Waals surface area contributed by atoms with Crippen LogP contribution in [-0.4, -0.2) is 25.5 Å². The molecule has 22 heavy (non-hydrogen) atoms. The van der Waals surface area contributed by atoms with Crippen LogP contribution in [0.2, 0.25) is 10.0 Å². The summed E-state index contributed by atoms with van der Waals surface area (Å²) in [6.45, 7) is 4.94. The number of halogens is 2. The minimum Gasteiger partial charge on any atom is -0.356 e. The van der Waals surface area contributed by atoms with Crippen molar-refractivity contribution in [3.05, 3.63) is 33.8 Å². The molecule has 0 spiro atoms. The average molecular weight is 343 g/mol. The van der Waals surface area contributed by atoms with Crippen LogP contribution in [-0.2, 0) is 11.2 Å². The van der Waals surface area contributed by atoms with Gasteiger partial charge in [0.05, 0.1) is 0 Å². The van der Waals surface area contributed by atoms with Gasteiger partial charge in [-0.05, 0) is 68.0 Å². The Bertz CT molecular complexity index is 481. The van der Waals surface area contributed by atoms with Crippen LogP contribution in [0.3, 0.4) is 0 Å². The summed E-state index contributed by atoms with van der Waals surface area (Å²) in [6, 6.07) is 5.48. The molecule has 122 valence electrons. The van der Waals surface area contributed by atoms with Crippen molar-refractivity contribution in [1.29, 1.82) is 0 Å². The first-order valence-electron chi connectivity index (χ1n) is 7.97. The van der Waals surface area contributed by atoms with Gasteiger partial charge in [0, 0.05) is 23.0 Å². The van der Waals surface area contributed by atoms with Crippen LogP contribution >= 0.6 is 23.2 Å². The molecule has 0 aliphatic carbocycles. The Hall–Kier alpha value is -0.770. The Morgan fingerprint density at radius 2 is 2.09 bits per heavy atom. The number of piperidine rings is 1. The molecule has 1 heterocycles. The maximum absolute atomic E-state index is 12.0. The van der Waals surface area contributed by atoms with E-state index in [0.717, 1.165) is 25.1 Å². The van der Waals surface area contributed by atoms with Crippen LogP contribution < -0.4 is 10.6 Å². The van der Waals surface area contributed by atoms with Gasteiger partial charge in [-0.1, -0.05) is 30.1 Å². The van der Waals surface area contributed by atoms with Gasteiger partial charge in [0.2, 0.25) is 5.91 Å². The molecule has 2 unspecified atom stereocenters. The van der Waals surface area contributed by atoms with Crippen LogP contribution in [0.4, 0.5) is 0 Å². The van der Waals surface area contributed by atoms with Gasteiger partial charge in [-0.15, -0.1) is 0 Å². The number of amides is 1. The molecule has 1 saturated heterocycles. The van der Waals surface area contributed by atoms with Crippen LogP contribution in [0.1, 0.15) is 31.7 Å². The van der Waals surface area contributed by atoms with E-state index in [2.05, 4.69) is 17.6 Å². The van der Waals surface area contributed by atoms with E-state index in [1.165, 1.54) is 12.8 Å². The molecule has 2 atom stereocenters. The minimum atomic E-state index is 0.131. The van der Waals surface area contributed by atoms with Crippen LogP contribution in [0.25, 0.3) is 0 Å². The molecule has 0 bridgehead atoms. The molecular weight excluding hydrogens is 319 g/mol. The monoisotopic (exact) mass is 342 g/mol. The van der Waals surface area contributed by atoms with Gasteiger partial charge in [-0.3, -0.25) is 4.79 Å². The molecule has 1 aromatic carbocycles. The zero-order valence-corrected chi connectivity index (χ0v) is 14.5. The highest BCUT2D eigenvalue weighted by Crippen LogP contribution is 2.22. The molecule has 3 nitrogen and oxygen atoms in total. The molecule has 1 aliphatic heterocycles. The second-order valence-electron chi connectivity index (χ2n) is 6.17. The van der Waals surface area contributed by atoms with Crippen LogP contribution in [0.5, 0.6) is 0 Å². The van der Waals surface area contributed by atoms with Crippen molar-refractivity contribution in [3.8, 4) is 0 Å². The number of carbonyl (C=O) groups excluding carboxylic acids is 1. The molecule has 1 aliphatic rings. The highest BCUT2D eigenvalue weighted by Gasteiger charge is 2.21. The van der Waals surface area contributed by atoms with Crippen molar-refractivity contribution in [2.75, 3.05) is 19.6 Å². The summed E-state index contributed by atoms with van der Waals surface area (Å²) in [4.78, 5) is 12.0. The number of hydrogen-bond donors (Lipinski definition) is 2. The molecule has 2 N–H and O–H groups in total. The van der Waals surface area contributed by atoms with E-state index in [0.29, 0.717) is 34.8 Å². The molecular formula is C17H24Cl2N2O. The first kappa shape index (κ1) is 17.6. The average Bonchev–Trinajstić information content (AvgIpc) is 2.47. The lowest BCUT2D eigenvalue weighted by atomic mass is 9.85. The lowest BCUT2D eigenvalue weighted by Gasteiger charge is -2.28. The standard InChI is InChI=1S/C17H24Cl2N2O/c1-12(14-3-2-5-20-11-14)7-17(22)21-6-4-13-8-15(18)10-16(19)9-13/h8-10,12,14,20H,2-7,11H2,1H3,(H,21,22). The van der Waals surface area contributed by atoms with E-state index in [9.17, 15) is 4.79 Å². The fourth-order valence-electron chi connectivity index (χ4n) is 3.00. The van der Waals surface area contributed by atoms with Crippen molar-refractivity contribution in [2.24, 2.45) is 11.8 Å². The molecule has 1 amide bonds. The van der Waals surface area contributed by atoms with Gasteiger partial charge < -0.3 is 10.6 Å². The van der Waals surface area contributed by atoms with Crippen molar-refractivity contribution < 1.29 is 4.79 Å². The quantitative estimate of drug-likeness (QED) is 0.827. The fourth-order valence-corrected chi connectivity index (χ4v) is 3.57. The lowest BCUT2D eigenvalue weighted by molar-refractivity contribution is -0.122. The number of nitrogens with one attached hydrogen (secondary N) is 2. The number of carbonyl (C=O) groups is 1. The molecule has 0 radical (unpaired) electrons. The Morgan fingerprint density at radius 1 is 1.36 bits per heavy atom. The van der Waals surface area contributed by atoms with Crippen molar-refractivity contribution in [3.63, 3.8) is 0 Å². The van der Waals surface area contributed by atoms with E-state index in [-0.39, 0.29) is 5.91 Å². The maximum Gasteiger partial charge on any atom is 0.220 e. The van der Waals surface area contributed by atoms with Gasteiger partial charge in [0.25, 0.3) is 0 Å².